The molecule has 0 spiro atoms. The van der Waals surface area contributed by atoms with E-state index in [4.69, 9.17) is 16.7 Å². The Kier molecular flexibility index (Phi) is 5.61. The number of halogens is 2. The number of unbranched alkanes of at least 4 members (excludes halogenated alkanes) is 1. The van der Waals surface area contributed by atoms with Crippen LogP contribution < -0.4 is 5.32 Å². The Hall–Kier alpha value is -0.640. The van der Waals surface area contributed by atoms with Crippen molar-refractivity contribution in [1.82, 2.24) is 5.32 Å². The van der Waals surface area contributed by atoms with Gasteiger partial charge < -0.3 is 10.4 Å². The highest BCUT2D eigenvalue weighted by Crippen LogP contribution is 2.17. The van der Waals surface area contributed by atoms with Crippen molar-refractivity contribution in [3.8, 4) is 0 Å². The van der Waals surface area contributed by atoms with Crippen LogP contribution in [0, 0.1) is 5.82 Å². The van der Waals surface area contributed by atoms with E-state index in [9.17, 15) is 4.39 Å². The molecule has 0 atom stereocenters. The zero-order chi connectivity index (χ0) is 11.1. The minimum Gasteiger partial charge on any atom is -0.396 e. The molecule has 0 radical (unpaired) electrons. The molecule has 0 amide bonds. The average Bonchev–Trinajstić information content (AvgIpc) is 2.24. The van der Waals surface area contributed by atoms with Gasteiger partial charge >= 0.3 is 0 Å². The van der Waals surface area contributed by atoms with Crippen LogP contribution in [0.15, 0.2) is 18.2 Å². The molecule has 2 N–H and O–H groups in total. The lowest BCUT2D eigenvalue weighted by molar-refractivity contribution is 0.283. The first kappa shape index (κ1) is 12.4. The van der Waals surface area contributed by atoms with E-state index in [0.717, 1.165) is 19.4 Å². The molecule has 1 aromatic rings. The summed E-state index contributed by atoms with van der Waals surface area (Å²) in [5.41, 5.74) is 0.575. The Balaban J connectivity index is 2.34. The summed E-state index contributed by atoms with van der Waals surface area (Å²) in [6, 6.07) is 4.97. The third-order valence-electron chi connectivity index (χ3n) is 2.11. The van der Waals surface area contributed by atoms with E-state index >= 15 is 0 Å². The highest BCUT2D eigenvalue weighted by molar-refractivity contribution is 6.30. The molecule has 0 saturated heterocycles. The van der Waals surface area contributed by atoms with Crippen molar-refractivity contribution in [1.29, 1.82) is 0 Å². The number of hydrogen-bond acceptors (Lipinski definition) is 2. The van der Waals surface area contributed by atoms with Gasteiger partial charge in [-0.05, 0) is 25.5 Å². The van der Waals surface area contributed by atoms with Crippen LogP contribution in [-0.2, 0) is 6.54 Å². The summed E-state index contributed by atoms with van der Waals surface area (Å²) in [4.78, 5) is 0. The number of nitrogens with one attached hydrogen (secondary N) is 1. The van der Waals surface area contributed by atoms with Crippen LogP contribution in [0.5, 0.6) is 0 Å². The maximum atomic E-state index is 13.4. The molecule has 84 valence electrons. The minimum atomic E-state index is -0.353. The molecule has 4 heteroatoms. The van der Waals surface area contributed by atoms with Crippen LogP contribution >= 0.6 is 11.6 Å². The molecule has 0 fully saturated rings. The zero-order valence-electron chi connectivity index (χ0n) is 8.47. The first-order valence-electron chi connectivity index (χ1n) is 5.00. The Morgan fingerprint density at radius 3 is 2.87 bits per heavy atom. The van der Waals surface area contributed by atoms with Crippen LogP contribution in [0.25, 0.3) is 0 Å². The predicted octanol–water partition coefficient (Wildman–Crippen LogP) is 2.34. The number of benzene rings is 1. The summed E-state index contributed by atoms with van der Waals surface area (Å²) >= 11 is 5.64. The lowest BCUT2D eigenvalue weighted by Gasteiger charge is -2.06. The second kappa shape index (κ2) is 6.77. The Morgan fingerprint density at radius 1 is 1.33 bits per heavy atom. The van der Waals surface area contributed by atoms with E-state index in [2.05, 4.69) is 5.32 Å². The number of rotatable bonds is 6. The molecule has 2 nitrogen and oxygen atoms in total. The molecular weight excluding hydrogens is 217 g/mol. The van der Waals surface area contributed by atoms with Gasteiger partial charge in [-0.3, -0.25) is 0 Å². The third kappa shape index (κ3) is 4.16. The molecule has 0 aliphatic carbocycles. The molecule has 1 aromatic carbocycles. The van der Waals surface area contributed by atoms with Crippen LogP contribution in [0.2, 0.25) is 5.02 Å². The normalized spacial score (nSPS) is 10.6. The number of aliphatic hydroxyl groups is 1. The van der Waals surface area contributed by atoms with Gasteiger partial charge in [0, 0.05) is 18.7 Å². The van der Waals surface area contributed by atoms with Gasteiger partial charge in [0.1, 0.15) is 5.82 Å². The van der Waals surface area contributed by atoms with Crippen molar-refractivity contribution >= 4 is 11.6 Å². The number of aliphatic hydroxyl groups excluding tert-OH is 1. The largest absolute Gasteiger partial charge is 0.396 e. The van der Waals surface area contributed by atoms with E-state index in [1.165, 1.54) is 6.07 Å². The van der Waals surface area contributed by atoms with Crippen LogP contribution in [-0.4, -0.2) is 18.3 Å². The molecule has 0 saturated carbocycles. The third-order valence-corrected chi connectivity index (χ3v) is 2.40. The fraction of sp³-hybridized carbons (Fsp3) is 0.455. The quantitative estimate of drug-likeness (QED) is 0.737. The summed E-state index contributed by atoms with van der Waals surface area (Å²) < 4.78 is 13.4. The van der Waals surface area contributed by atoms with Gasteiger partial charge in [-0.15, -0.1) is 0 Å². The Bertz CT molecular complexity index is 307. The second-order valence-corrected chi connectivity index (χ2v) is 3.73. The SMILES string of the molecule is OCCCCNCc1cccc(Cl)c1F. The molecule has 0 heterocycles. The first-order chi connectivity index (χ1) is 7.25. The Labute approximate surface area is 94.1 Å². The van der Waals surface area contributed by atoms with Crippen molar-refractivity contribution in [2.45, 2.75) is 19.4 Å². The van der Waals surface area contributed by atoms with Gasteiger partial charge in [-0.25, -0.2) is 4.39 Å². The fourth-order valence-electron chi connectivity index (χ4n) is 1.27. The van der Waals surface area contributed by atoms with Gasteiger partial charge in [0.15, 0.2) is 0 Å². The van der Waals surface area contributed by atoms with Crippen molar-refractivity contribution in [3.05, 3.63) is 34.6 Å². The minimum absolute atomic E-state index is 0.157. The highest BCUT2D eigenvalue weighted by Gasteiger charge is 2.04. The molecule has 0 unspecified atom stereocenters. The topological polar surface area (TPSA) is 32.3 Å². The highest BCUT2D eigenvalue weighted by atomic mass is 35.5. The van der Waals surface area contributed by atoms with E-state index in [1.54, 1.807) is 12.1 Å². The summed E-state index contributed by atoms with van der Waals surface area (Å²) in [5.74, 6) is -0.353. The van der Waals surface area contributed by atoms with Crippen LogP contribution in [0.4, 0.5) is 4.39 Å². The van der Waals surface area contributed by atoms with E-state index in [1.807, 2.05) is 0 Å². The Morgan fingerprint density at radius 2 is 2.13 bits per heavy atom. The molecule has 0 aliphatic heterocycles. The monoisotopic (exact) mass is 231 g/mol. The molecule has 0 aromatic heterocycles. The predicted molar refractivity (Wildman–Crippen MR) is 59.4 cm³/mol. The average molecular weight is 232 g/mol. The van der Waals surface area contributed by atoms with E-state index in [-0.39, 0.29) is 17.4 Å². The van der Waals surface area contributed by atoms with Gasteiger partial charge in [-0.1, -0.05) is 23.7 Å². The summed E-state index contributed by atoms with van der Waals surface area (Å²) in [6.45, 7) is 1.44. The standard InChI is InChI=1S/C11H15ClFNO/c12-10-5-3-4-9(11(10)13)8-14-6-1-2-7-15/h3-5,14-15H,1-2,6-8H2. The van der Waals surface area contributed by atoms with E-state index < -0.39 is 0 Å². The summed E-state index contributed by atoms with van der Waals surface area (Å²) in [7, 11) is 0. The van der Waals surface area contributed by atoms with Gasteiger partial charge in [0.25, 0.3) is 0 Å². The molecule has 0 aliphatic rings. The first-order valence-corrected chi connectivity index (χ1v) is 5.38. The smallest absolute Gasteiger partial charge is 0.146 e. The van der Waals surface area contributed by atoms with Crippen molar-refractivity contribution in [2.24, 2.45) is 0 Å². The van der Waals surface area contributed by atoms with Gasteiger partial charge in [0.2, 0.25) is 0 Å². The number of hydrogen-bond donors (Lipinski definition) is 2. The summed E-state index contributed by atoms with van der Waals surface area (Å²) in [6.07, 6.45) is 1.66. The fourth-order valence-corrected chi connectivity index (χ4v) is 1.46. The summed E-state index contributed by atoms with van der Waals surface area (Å²) in [5, 5.41) is 11.8. The van der Waals surface area contributed by atoms with Crippen LogP contribution in [0.3, 0.4) is 0 Å². The molecule has 0 bridgehead atoms. The van der Waals surface area contributed by atoms with Crippen molar-refractivity contribution < 1.29 is 9.50 Å². The lowest BCUT2D eigenvalue weighted by atomic mass is 10.2. The van der Waals surface area contributed by atoms with Crippen molar-refractivity contribution in [2.75, 3.05) is 13.2 Å². The molecule has 15 heavy (non-hydrogen) atoms. The van der Waals surface area contributed by atoms with Gasteiger partial charge in [0.05, 0.1) is 5.02 Å². The second-order valence-electron chi connectivity index (χ2n) is 3.32. The van der Waals surface area contributed by atoms with Crippen molar-refractivity contribution in [3.63, 3.8) is 0 Å². The van der Waals surface area contributed by atoms with Gasteiger partial charge in [-0.2, -0.15) is 0 Å². The van der Waals surface area contributed by atoms with Crippen LogP contribution in [0.1, 0.15) is 18.4 Å². The zero-order valence-corrected chi connectivity index (χ0v) is 9.23. The van der Waals surface area contributed by atoms with E-state index in [0.29, 0.717) is 12.1 Å². The molecular formula is C11H15ClFNO. The maximum Gasteiger partial charge on any atom is 0.146 e. The molecule has 1 rings (SSSR count). The lowest BCUT2D eigenvalue weighted by Crippen LogP contribution is -2.16. The maximum absolute atomic E-state index is 13.4.